The molecule has 1 aromatic rings. The second-order valence-corrected chi connectivity index (χ2v) is 5.14. The molecule has 0 radical (unpaired) electrons. The van der Waals surface area contributed by atoms with E-state index in [4.69, 9.17) is 11.6 Å². The number of amides is 3. The van der Waals surface area contributed by atoms with Crippen LogP contribution in [0.15, 0.2) is 18.2 Å². The maximum absolute atomic E-state index is 12.5. The average molecular weight is 295 g/mol. The summed E-state index contributed by atoms with van der Waals surface area (Å²) in [6.45, 7) is 3.51. The lowest BCUT2D eigenvalue weighted by atomic mass is 10.1. The Kier molecular flexibility index (Phi) is 4.09. The number of piperazine rings is 1. The fourth-order valence-electron chi connectivity index (χ4n) is 2.18. The first-order chi connectivity index (χ1) is 9.43. The molecule has 0 spiro atoms. The Bertz CT molecular complexity index is 586. The van der Waals surface area contributed by atoms with Crippen LogP contribution in [0.4, 0.5) is 0 Å². The Morgan fingerprint density at radius 2 is 2.15 bits per heavy atom. The van der Waals surface area contributed by atoms with Gasteiger partial charge in [-0.25, -0.2) is 0 Å². The minimum atomic E-state index is -0.625. The van der Waals surface area contributed by atoms with Gasteiger partial charge in [0.25, 0.3) is 5.91 Å². The summed E-state index contributed by atoms with van der Waals surface area (Å²) in [7, 11) is 0. The van der Waals surface area contributed by atoms with Gasteiger partial charge in [-0.2, -0.15) is 0 Å². The molecule has 0 aliphatic carbocycles. The third-order valence-electron chi connectivity index (χ3n) is 3.32. The van der Waals surface area contributed by atoms with Gasteiger partial charge in [-0.3, -0.25) is 19.7 Å². The van der Waals surface area contributed by atoms with Gasteiger partial charge in [0.2, 0.25) is 11.8 Å². The van der Waals surface area contributed by atoms with Crippen LogP contribution in [0, 0.1) is 6.92 Å². The molecule has 0 aromatic heterocycles. The highest BCUT2D eigenvalue weighted by Gasteiger charge is 2.35. The number of hydrogen-bond acceptors (Lipinski definition) is 3. The maximum atomic E-state index is 12.5. The number of nitrogens with zero attached hydrogens (tertiary/aromatic N) is 1. The van der Waals surface area contributed by atoms with E-state index >= 15 is 0 Å². The Morgan fingerprint density at radius 1 is 1.45 bits per heavy atom. The van der Waals surface area contributed by atoms with Gasteiger partial charge in [-0.1, -0.05) is 24.6 Å². The Morgan fingerprint density at radius 3 is 2.75 bits per heavy atom. The normalized spacial score (nSPS) is 18.9. The number of aryl methyl sites for hydroxylation is 1. The van der Waals surface area contributed by atoms with E-state index in [9.17, 15) is 14.4 Å². The molecule has 1 aliphatic rings. The van der Waals surface area contributed by atoms with Gasteiger partial charge in [-0.15, -0.1) is 0 Å². The molecule has 1 aliphatic heterocycles. The summed E-state index contributed by atoms with van der Waals surface area (Å²) in [6.07, 6.45) is 0.449. The molecule has 1 heterocycles. The van der Waals surface area contributed by atoms with Gasteiger partial charge in [0, 0.05) is 10.6 Å². The van der Waals surface area contributed by atoms with Crippen molar-refractivity contribution in [2.75, 3.05) is 6.54 Å². The summed E-state index contributed by atoms with van der Waals surface area (Å²) in [5, 5.41) is 2.72. The van der Waals surface area contributed by atoms with Crippen molar-refractivity contribution in [1.29, 1.82) is 0 Å². The Balaban J connectivity index is 2.32. The second kappa shape index (κ2) is 5.63. The van der Waals surface area contributed by atoms with E-state index in [-0.39, 0.29) is 12.5 Å². The summed E-state index contributed by atoms with van der Waals surface area (Å²) >= 11 is 6.01. The van der Waals surface area contributed by atoms with E-state index in [2.05, 4.69) is 5.32 Å². The number of carbonyl (C=O) groups is 3. The lowest BCUT2D eigenvalue weighted by Gasteiger charge is -2.33. The van der Waals surface area contributed by atoms with E-state index in [1.54, 1.807) is 25.1 Å². The number of carbonyl (C=O) groups excluding carboxylic acids is 3. The highest BCUT2D eigenvalue weighted by molar-refractivity contribution is 6.31. The standard InChI is InChI=1S/C14H15ClN2O3/c1-3-11-13(19)16-12(18)7-17(11)14(20)9-5-4-8(2)10(15)6-9/h4-6,11H,3,7H2,1-2H3,(H,16,18,19). The minimum absolute atomic E-state index is 0.116. The minimum Gasteiger partial charge on any atom is -0.317 e. The molecule has 1 aromatic carbocycles. The summed E-state index contributed by atoms with van der Waals surface area (Å²) in [5.74, 6) is -1.26. The summed E-state index contributed by atoms with van der Waals surface area (Å²) in [4.78, 5) is 37.0. The van der Waals surface area contributed by atoms with Gasteiger partial charge in [0.05, 0.1) is 0 Å². The first kappa shape index (κ1) is 14.5. The van der Waals surface area contributed by atoms with Gasteiger partial charge >= 0.3 is 0 Å². The average Bonchev–Trinajstić information content (AvgIpc) is 2.40. The van der Waals surface area contributed by atoms with E-state index in [0.717, 1.165) is 5.56 Å². The van der Waals surface area contributed by atoms with Crippen LogP contribution in [-0.2, 0) is 9.59 Å². The van der Waals surface area contributed by atoms with Crippen LogP contribution in [0.25, 0.3) is 0 Å². The Labute approximate surface area is 121 Å². The molecular weight excluding hydrogens is 280 g/mol. The number of imide groups is 1. The molecule has 5 nitrogen and oxygen atoms in total. The van der Waals surface area contributed by atoms with E-state index in [1.165, 1.54) is 4.90 Å². The number of halogens is 1. The molecule has 1 unspecified atom stereocenters. The predicted octanol–water partition coefficient (Wildman–Crippen LogP) is 1.53. The zero-order valence-electron chi connectivity index (χ0n) is 11.3. The summed E-state index contributed by atoms with van der Waals surface area (Å²) in [6, 6.07) is 4.32. The number of hydrogen-bond donors (Lipinski definition) is 1. The van der Waals surface area contributed by atoms with Crippen LogP contribution in [0.5, 0.6) is 0 Å². The quantitative estimate of drug-likeness (QED) is 0.841. The van der Waals surface area contributed by atoms with Crippen molar-refractivity contribution in [2.24, 2.45) is 0 Å². The lowest BCUT2D eigenvalue weighted by molar-refractivity contribution is -0.138. The molecule has 1 N–H and O–H groups in total. The third kappa shape index (κ3) is 2.67. The highest BCUT2D eigenvalue weighted by Crippen LogP contribution is 2.20. The van der Waals surface area contributed by atoms with Crippen LogP contribution in [0.2, 0.25) is 5.02 Å². The van der Waals surface area contributed by atoms with Crippen LogP contribution < -0.4 is 5.32 Å². The first-order valence-electron chi connectivity index (χ1n) is 6.35. The maximum Gasteiger partial charge on any atom is 0.255 e. The van der Waals surface area contributed by atoms with Crippen molar-refractivity contribution in [1.82, 2.24) is 10.2 Å². The summed E-state index contributed by atoms with van der Waals surface area (Å²) in [5.41, 5.74) is 1.24. The molecule has 1 saturated heterocycles. The topological polar surface area (TPSA) is 66.5 Å². The molecule has 0 bridgehead atoms. The van der Waals surface area contributed by atoms with Crippen LogP contribution >= 0.6 is 11.6 Å². The number of nitrogens with one attached hydrogen (secondary N) is 1. The molecule has 6 heteroatoms. The second-order valence-electron chi connectivity index (χ2n) is 4.73. The van der Waals surface area contributed by atoms with Crippen LogP contribution in [-0.4, -0.2) is 35.2 Å². The number of benzene rings is 1. The van der Waals surface area contributed by atoms with Crippen LogP contribution in [0.1, 0.15) is 29.3 Å². The predicted molar refractivity (Wildman–Crippen MR) is 74.5 cm³/mol. The fraction of sp³-hybridized carbons (Fsp3) is 0.357. The molecule has 2 rings (SSSR count). The molecule has 3 amide bonds. The van der Waals surface area contributed by atoms with Gasteiger partial charge < -0.3 is 4.90 Å². The van der Waals surface area contributed by atoms with Crippen molar-refractivity contribution in [3.63, 3.8) is 0 Å². The van der Waals surface area contributed by atoms with E-state index in [1.807, 2.05) is 6.92 Å². The lowest BCUT2D eigenvalue weighted by Crippen LogP contribution is -2.59. The fourth-order valence-corrected chi connectivity index (χ4v) is 2.36. The van der Waals surface area contributed by atoms with E-state index in [0.29, 0.717) is 17.0 Å². The van der Waals surface area contributed by atoms with Crippen molar-refractivity contribution < 1.29 is 14.4 Å². The molecule has 1 fully saturated rings. The molecule has 1 atom stereocenters. The smallest absolute Gasteiger partial charge is 0.255 e. The largest absolute Gasteiger partial charge is 0.317 e. The molecule has 106 valence electrons. The van der Waals surface area contributed by atoms with Crippen LogP contribution in [0.3, 0.4) is 0 Å². The third-order valence-corrected chi connectivity index (χ3v) is 3.73. The van der Waals surface area contributed by atoms with E-state index < -0.39 is 17.9 Å². The SMILES string of the molecule is CCC1C(=O)NC(=O)CN1C(=O)c1ccc(C)c(Cl)c1. The zero-order chi connectivity index (χ0) is 14.9. The van der Waals surface area contributed by atoms with Crippen molar-refractivity contribution in [2.45, 2.75) is 26.3 Å². The monoisotopic (exact) mass is 294 g/mol. The Hall–Kier alpha value is -1.88. The zero-order valence-corrected chi connectivity index (χ0v) is 12.0. The van der Waals surface area contributed by atoms with Gasteiger partial charge in [0.15, 0.2) is 0 Å². The molecule has 0 saturated carbocycles. The van der Waals surface area contributed by atoms with Crippen molar-refractivity contribution in [3.8, 4) is 0 Å². The highest BCUT2D eigenvalue weighted by atomic mass is 35.5. The summed E-state index contributed by atoms with van der Waals surface area (Å²) < 4.78 is 0. The van der Waals surface area contributed by atoms with Crippen molar-refractivity contribution in [3.05, 3.63) is 34.3 Å². The van der Waals surface area contributed by atoms with Gasteiger partial charge in [-0.05, 0) is 31.0 Å². The van der Waals surface area contributed by atoms with Crippen molar-refractivity contribution >= 4 is 29.3 Å². The van der Waals surface area contributed by atoms with Gasteiger partial charge in [0.1, 0.15) is 12.6 Å². The molecule has 20 heavy (non-hydrogen) atoms. The molecular formula is C14H15ClN2O3. The first-order valence-corrected chi connectivity index (χ1v) is 6.72. The number of rotatable bonds is 2.